The maximum absolute atomic E-state index is 12.0. The average Bonchev–Trinajstić information content (AvgIpc) is 2.66. The standard InChI is InChI=1S/C14H18BrN3O/c1-9-4-5-11(8-13(9)15)18-10(2)12(6-7-16-3)14(19)17-18/h4-5,8,16H,6-7H2,1-3H3,(H,17,19). The van der Waals surface area contributed by atoms with Crippen molar-refractivity contribution in [2.24, 2.45) is 0 Å². The first-order chi connectivity index (χ1) is 9.04. The normalized spacial score (nSPS) is 10.9. The van der Waals surface area contributed by atoms with E-state index in [0.717, 1.165) is 34.4 Å². The van der Waals surface area contributed by atoms with Gasteiger partial charge in [-0.05, 0) is 51.6 Å². The number of aromatic nitrogens is 2. The molecule has 2 N–H and O–H groups in total. The molecule has 0 saturated heterocycles. The van der Waals surface area contributed by atoms with Gasteiger partial charge in [0.05, 0.1) is 5.69 Å². The highest BCUT2D eigenvalue weighted by Gasteiger charge is 2.12. The molecular formula is C14H18BrN3O. The van der Waals surface area contributed by atoms with Crippen LogP contribution in [0, 0.1) is 13.8 Å². The van der Waals surface area contributed by atoms with Crippen molar-refractivity contribution in [2.45, 2.75) is 20.3 Å². The van der Waals surface area contributed by atoms with E-state index in [1.165, 1.54) is 5.56 Å². The van der Waals surface area contributed by atoms with Crippen LogP contribution in [0.4, 0.5) is 0 Å². The third-order valence-corrected chi connectivity index (χ3v) is 4.15. The van der Waals surface area contributed by atoms with E-state index >= 15 is 0 Å². The van der Waals surface area contributed by atoms with E-state index in [1.54, 1.807) is 0 Å². The molecule has 0 amide bonds. The van der Waals surface area contributed by atoms with Crippen molar-refractivity contribution in [2.75, 3.05) is 13.6 Å². The van der Waals surface area contributed by atoms with Crippen LogP contribution in [0.3, 0.4) is 0 Å². The topological polar surface area (TPSA) is 49.8 Å². The number of likely N-dealkylation sites (N-methyl/N-ethyl adjacent to an activating group) is 1. The highest BCUT2D eigenvalue weighted by molar-refractivity contribution is 9.10. The van der Waals surface area contributed by atoms with E-state index in [9.17, 15) is 4.79 Å². The number of hydrogen-bond acceptors (Lipinski definition) is 2. The van der Waals surface area contributed by atoms with Crippen molar-refractivity contribution in [1.29, 1.82) is 0 Å². The van der Waals surface area contributed by atoms with Crippen LogP contribution in [0.25, 0.3) is 5.69 Å². The maximum Gasteiger partial charge on any atom is 0.267 e. The van der Waals surface area contributed by atoms with Gasteiger partial charge in [0, 0.05) is 15.7 Å². The predicted octanol–water partition coefficient (Wildman–Crippen LogP) is 2.31. The van der Waals surface area contributed by atoms with Gasteiger partial charge in [0.1, 0.15) is 0 Å². The minimum atomic E-state index is -0.00977. The van der Waals surface area contributed by atoms with E-state index in [2.05, 4.69) is 26.3 Å². The van der Waals surface area contributed by atoms with Gasteiger partial charge in [-0.25, -0.2) is 0 Å². The number of aromatic amines is 1. The molecule has 0 aliphatic heterocycles. The second-order valence-electron chi connectivity index (χ2n) is 4.63. The zero-order chi connectivity index (χ0) is 14.0. The van der Waals surface area contributed by atoms with Crippen molar-refractivity contribution >= 4 is 15.9 Å². The lowest BCUT2D eigenvalue weighted by Crippen LogP contribution is -2.15. The monoisotopic (exact) mass is 323 g/mol. The van der Waals surface area contributed by atoms with Crippen LogP contribution in [0.5, 0.6) is 0 Å². The Morgan fingerprint density at radius 3 is 2.74 bits per heavy atom. The molecule has 2 aromatic rings. The van der Waals surface area contributed by atoms with Gasteiger partial charge in [-0.1, -0.05) is 22.0 Å². The third-order valence-electron chi connectivity index (χ3n) is 3.30. The molecule has 0 atom stereocenters. The quantitative estimate of drug-likeness (QED) is 0.907. The summed E-state index contributed by atoms with van der Waals surface area (Å²) in [4.78, 5) is 12.0. The Morgan fingerprint density at radius 1 is 1.37 bits per heavy atom. The van der Waals surface area contributed by atoms with Crippen LogP contribution in [0.15, 0.2) is 27.5 Å². The summed E-state index contributed by atoms with van der Waals surface area (Å²) in [5, 5.41) is 5.96. The molecule has 0 radical (unpaired) electrons. The number of benzene rings is 1. The molecule has 0 unspecified atom stereocenters. The van der Waals surface area contributed by atoms with Crippen LogP contribution >= 0.6 is 15.9 Å². The first-order valence-corrected chi connectivity index (χ1v) is 7.05. The zero-order valence-electron chi connectivity index (χ0n) is 11.4. The largest absolute Gasteiger partial charge is 0.319 e. The number of H-pyrrole nitrogens is 1. The van der Waals surface area contributed by atoms with E-state index < -0.39 is 0 Å². The summed E-state index contributed by atoms with van der Waals surface area (Å²) in [7, 11) is 1.89. The summed E-state index contributed by atoms with van der Waals surface area (Å²) < 4.78 is 2.88. The fourth-order valence-corrected chi connectivity index (χ4v) is 2.44. The Bertz CT molecular complexity index is 643. The second kappa shape index (κ2) is 5.75. The summed E-state index contributed by atoms with van der Waals surface area (Å²) in [5.74, 6) is 0. The van der Waals surface area contributed by atoms with Crippen LogP contribution < -0.4 is 10.9 Å². The minimum Gasteiger partial charge on any atom is -0.319 e. The first-order valence-electron chi connectivity index (χ1n) is 6.26. The van der Waals surface area contributed by atoms with Crippen LogP contribution in [-0.2, 0) is 6.42 Å². The van der Waals surface area contributed by atoms with E-state index in [1.807, 2.05) is 43.8 Å². The minimum absolute atomic E-state index is 0.00977. The van der Waals surface area contributed by atoms with Gasteiger partial charge in [-0.2, -0.15) is 0 Å². The van der Waals surface area contributed by atoms with E-state index in [-0.39, 0.29) is 5.56 Å². The molecule has 0 fully saturated rings. The molecule has 1 aromatic heterocycles. The van der Waals surface area contributed by atoms with Crippen molar-refractivity contribution in [3.05, 3.63) is 49.8 Å². The lowest BCUT2D eigenvalue weighted by molar-refractivity contribution is 0.783. The number of rotatable bonds is 4. The van der Waals surface area contributed by atoms with Gasteiger partial charge in [0.15, 0.2) is 0 Å². The molecule has 0 aliphatic rings. The maximum atomic E-state index is 12.0. The zero-order valence-corrected chi connectivity index (χ0v) is 13.0. The first kappa shape index (κ1) is 14.1. The second-order valence-corrected chi connectivity index (χ2v) is 5.48. The number of aryl methyl sites for hydroxylation is 1. The number of nitrogens with one attached hydrogen (secondary N) is 2. The summed E-state index contributed by atoms with van der Waals surface area (Å²) >= 11 is 3.52. The lowest BCUT2D eigenvalue weighted by Gasteiger charge is -2.08. The Kier molecular flexibility index (Phi) is 4.27. The Balaban J connectivity index is 2.45. The van der Waals surface area contributed by atoms with E-state index in [4.69, 9.17) is 0 Å². The Hall–Kier alpha value is -1.33. The number of hydrogen-bond donors (Lipinski definition) is 2. The smallest absolute Gasteiger partial charge is 0.267 e. The summed E-state index contributed by atoms with van der Waals surface area (Å²) in [6, 6.07) is 6.05. The SMILES string of the molecule is CNCCc1c(C)n(-c2ccc(C)c(Br)c2)[nH]c1=O. The highest BCUT2D eigenvalue weighted by atomic mass is 79.9. The van der Waals surface area contributed by atoms with Gasteiger partial charge >= 0.3 is 0 Å². The van der Waals surface area contributed by atoms with E-state index in [0.29, 0.717) is 0 Å². The number of nitrogens with zero attached hydrogens (tertiary/aromatic N) is 1. The molecule has 0 saturated carbocycles. The molecule has 0 aliphatic carbocycles. The Labute approximate surface area is 120 Å². The van der Waals surface area contributed by atoms with Crippen LogP contribution in [0.2, 0.25) is 0 Å². The molecule has 2 rings (SSSR count). The van der Waals surface area contributed by atoms with Gasteiger partial charge in [0.2, 0.25) is 0 Å². The van der Waals surface area contributed by atoms with Gasteiger partial charge in [-0.3, -0.25) is 14.6 Å². The molecule has 1 heterocycles. The Morgan fingerprint density at radius 2 is 2.11 bits per heavy atom. The average molecular weight is 324 g/mol. The molecule has 1 aromatic carbocycles. The predicted molar refractivity (Wildman–Crippen MR) is 81.2 cm³/mol. The highest BCUT2D eigenvalue weighted by Crippen LogP contribution is 2.20. The van der Waals surface area contributed by atoms with Gasteiger partial charge < -0.3 is 5.32 Å². The van der Waals surface area contributed by atoms with Crippen LogP contribution in [0.1, 0.15) is 16.8 Å². The van der Waals surface area contributed by atoms with Crippen molar-refractivity contribution in [1.82, 2.24) is 15.1 Å². The fourth-order valence-electron chi connectivity index (χ4n) is 2.08. The summed E-state index contributed by atoms with van der Waals surface area (Å²) in [5.41, 5.74) is 3.93. The molecular weight excluding hydrogens is 306 g/mol. The third kappa shape index (κ3) is 2.82. The molecule has 0 bridgehead atoms. The van der Waals surface area contributed by atoms with Gasteiger partial charge in [0.25, 0.3) is 5.56 Å². The molecule has 102 valence electrons. The molecule has 0 spiro atoms. The lowest BCUT2D eigenvalue weighted by atomic mass is 10.2. The number of halogens is 1. The summed E-state index contributed by atoms with van der Waals surface area (Å²) in [6.45, 7) is 4.81. The molecule has 5 heteroatoms. The van der Waals surface area contributed by atoms with Crippen molar-refractivity contribution in [3.8, 4) is 5.69 Å². The molecule has 19 heavy (non-hydrogen) atoms. The molecule has 4 nitrogen and oxygen atoms in total. The van der Waals surface area contributed by atoms with Gasteiger partial charge in [-0.15, -0.1) is 0 Å². The van der Waals surface area contributed by atoms with Crippen molar-refractivity contribution in [3.63, 3.8) is 0 Å². The van der Waals surface area contributed by atoms with Crippen LogP contribution in [-0.4, -0.2) is 23.4 Å². The fraction of sp³-hybridized carbons (Fsp3) is 0.357. The van der Waals surface area contributed by atoms with Crippen molar-refractivity contribution < 1.29 is 0 Å². The summed E-state index contributed by atoms with van der Waals surface area (Å²) in [6.07, 6.45) is 0.734.